The van der Waals surface area contributed by atoms with Crippen molar-refractivity contribution >= 4 is 38.2 Å². The van der Waals surface area contributed by atoms with Gasteiger partial charge >= 0.3 is 0 Å². The molecule has 7 rings (SSSR count). The highest BCUT2D eigenvalue weighted by Gasteiger charge is 2.18. The molecule has 0 bridgehead atoms. The Morgan fingerprint density at radius 1 is 0.889 bits per heavy atom. The van der Waals surface area contributed by atoms with E-state index in [1.807, 2.05) is 18.3 Å². The van der Waals surface area contributed by atoms with Gasteiger partial charge in [-0.25, -0.2) is 0 Å². The first-order valence-corrected chi connectivity index (χ1v) is 14.9. The molecule has 5 N–H and O–H groups in total. The predicted octanol–water partition coefficient (Wildman–Crippen LogP) is 7.78. The van der Waals surface area contributed by atoms with Crippen LogP contribution in [0.2, 0.25) is 0 Å². The summed E-state index contributed by atoms with van der Waals surface area (Å²) in [5.74, 6) is 0. The highest BCUT2D eigenvalue weighted by molar-refractivity contribution is 6.12. The molecule has 0 radical (unpaired) electrons. The summed E-state index contributed by atoms with van der Waals surface area (Å²) >= 11 is 0. The van der Waals surface area contributed by atoms with Crippen LogP contribution in [-0.4, -0.2) is 16.2 Å². The molecule has 1 unspecified atom stereocenters. The number of nitrogens with two attached hydrogens (primary N) is 2. The smallest absolute Gasteiger partial charge is 0.212 e. The van der Waals surface area contributed by atoms with Crippen molar-refractivity contribution < 1.29 is 9.47 Å². The lowest BCUT2D eigenvalue weighted by atomic mass is 10.0. The van der Waals surface area contributed by atoms with Crippen LogP contribution >= 0.6 is 0 Å². The molecule has 3 heterocycles. The van der Waals surface area contributed by atoms with Crippen LogP contribution < -0.4 is 16.8 Å². The van der Waals surface area contributed by atoms with Gasteiger partial charge in [0.25, 0.3) is 0 Å². The number of fused-ring (bicyclic) bond motifs is 4. The van der Waals surface area contributed by atoms with Gasteiger partial charge in [-0.3, -0.25) is 4.98 Å². The lowest BCUT2D eigenvalue weighted by Gasteiger charge is -2.13. The summed E-state index contributed by atoms with van der Waals surface area (Å²) < 4.78 is 13.3. The highest BCUT2D eigenvalue weighted by Crippen LogP contribution is 2.38. The van der Waals surface area contributed by atoms with Crippen molar-refractivity contribution in [2.45, 2.75) is 12.6 Å². The van der Waals surface area contributed by atoms with E-state index in [0.717, 1.165) is 51.1 Å². The summed E-state index contributed by atoms with van der Waals surface area (Å²) in [5.41, 5.74) is 19.7. The van der Waals surface area contributed by atoms with Crippen LogP contribution in [0, 0.1) is 0 Å². The molecular weight excluding hydrogens is 558 g/mol. The number of nitrogens with zero attached hydrogens (tertiary/aromatic N) is 2. The number of benzene rings is 4. The van der Waals surface area contributed by atoms with Crippen LogP contribution in [0.5, 0.6) is 0 Å². The number of hydrogen-bond acceptors (Lipinski definition) is 6. The minimum absolute atomic E-state index is 0.256. The zero-order chi connectivity index (χ0) is 30.6. The lowest BCUT2D eigenvalue weighted by Crippen LogP contribution is -2.12. The topological polar surface area (TPSA) is 100 Å². The van der Waals surface area contributed by atoms with E-state index in [9.17, 15) is 0 Å². The molecule has 222 valence electrons. The first-order chi connectivity index (χ1) is 22.2. The van der Waals surface area contributed by atoms with E-state index in [2.05, 4.69) is 101 Å². The molecule has 1 aliphatic rings. The number of nitrogens with one attached hydrogen (secondary N) is 1. The quantitative estimate of drug-likeness (QED) is 0.0902. The van der Waals surface area contributed by atoms with Crippen molar-refractivity contribution in [1.82, 2.24) is 14.9 Å². The summed E-state index contributed by atoms with van der Waals surface area (Å²) in [7, 11) is 0. The van der Waals surface area contributed by atoms with E-state index in [-0.39, 0.29) is 6.23 Å². The molecule has 0 saturated heterocycles. The Labute approximate surface area is 261 Å². The average Bonchev–Trinajstić information content (AvgIpc) is 3.74. The molecule has 6 aromatic rings. The molecule has 7 nitrogen and oxygen atoms in total. The normalized spacial score (nSPS) is 15.0. The zero-order valence-corrected chi connectivity index (χ0v) is 24.6. The summed E-state index contributed by atoms with van der Waals surface area (Å²) in [6, 6.07) is 32.3. The van der Waals surface area contributed by atoms with Gasteiger partial charge in [-0.15, -0.1) is 0 Å². The Hall–Kier alpha value is -5.95. The van der Waals surface area contributed by atoms with Crippen molar-refractivity contribution in [2.24, 2.45) is 11.5 Å². The molecule has 0 saturated carbocycles. The SMILES string of the molecule is N/C=C\OCC/C=C\C(=C/N)c1ccc2c3ccc(-c4ccc(C5NC=CO5)nc4)cc3n(-c3cccc4ccccc34)c2c1. The molecule has 4 aromatic carbocycles. The number of aromatic nitrogens is 2. The van der Waals surface area contributed by atoms with E-state index in [0.29, 0.717) is 6.61 Å². The van der Waals surface area contributed by atoms with Gasteiger partial charge in [0, 0.05) is 46.5 Å². The van der Waals surface area contributed by atoms with Gasteiger partial charge in [0.05, 0.1) is 29.6 Å². The minimum atomic E-state index is -0.256. The molecule has 45 heavy (non-hydrogen) atoms. The first-order valence-electron chi connectivity index (χ1n) is 14.9. The fourth-order valence-corrected chi connectivity index (χ4v) is 5.93. The second kappa shape index (κ2) is 12.3. The van der Waals surface area contributed by atoms with E-state index >= 15 is 0 Å². The van der Waals surface area contributed by atoms with Gasteiger partial charge < -0.3 is 30.8 Å². The standard InChI is InChI=1S/C38H33N5O2/c39-17-20-44-19-4-3-7-29(24-40)27-11-14-32-33-15-12-28(30-13-16-34(42-25-30)38-41-18-21-45-38)23-37(33)43(36(32)22-27)35-10-5-8-26-6-1-2-9-31(26)35/h1-3,5-18,20-25,38,41H,4,19,39-40H2/b7-3-,20-17-,29-24+. The van der Waals surface area contributed by atoms with Crippen molar-refractivity contribution in [1.29, 1.82) is 0 Å². The van der Waals surface area contributed by atoms with Crippen LogP contribution in [0.3, 0.4) is 0 Å². The number of rotatable bonds is 9. The number of pyridine rings is 1. The van der Waals surface area contributed by atoms with Crippen molar-refractivity contribution in [3.8, 4) is 16.8 Å². The molecule has 2 aromatic heterocycles. The van der Waals surface area contributed by atoms with Crippen LogP contribution in [0.25, 0.3) is 55.0 Å². The van der Waals surface area contributed by atoms with Crippen LogP contribution in [0.1, 0.15) is 23.9 Å². The van der Waals surface area contributed by atoms with Gasteiger partial charge in [0.15, 0.2) is 0 Å². The Morgan fingerprint density at radius 2 is 1.71 bits per heavy atom. The largest absolute Gasteiger partial charge is 0.499 e. The van der Waals surface area contributed by atoms with Gasteiger partial charge in [-0.2, -0.15) is 0 Å². The Morgan fingerprint density at radius 3 is 2.51 bits per heavy atom. The van der Waals surface area contributed by atoms with Crippen molar-refractivity contribution in [2.75, 3.05) is 6.61 Å². The van der Waals surface area contributed by atoms with Crippen LogP contribution in [0.15, 0.2) is 140 Å². The number of allylic oxidation sites excluding steroid dienone is 2. The molecule has 1 atom stereocenters. The van der Waals surface area contributed by atoms with Gasteiger partial charge in [0.2, 0.25) is 6.23 Å². The van der Waals surface area contributed by atoms with Crippen molar-refractivity contribution in [3.63, 3.8) is 0 Å². The zero-order valence-electron chi connectivity index (χ0n) is 24.6. The molecule has 0 fully saturated rings. The summed E-state index contributed by atoms with van der Waals surface area (Å²) in [6.07, 6.45) is 14.4. The van der Waals surface area contributed by atoms with Crippen LogP contribution in [-0.2, 0) is 9.47 Å². The maximum atomic E-state index is 6.14. The highest BCUT2D eigenvalue weighted by atomic mass is 16.5. The molecular formula is C38H33N5O2. The Kier molecular flexibility index (Phi) is 7.64. The monoisotopic (exact) mass is 591 g/mol. The second-order valence-electron chi connectivity index (χ2n) is 10.8. The summed E-state index contributed by atoms with van der Waals surface area (Å²) in [5, 5.41) is 7.86. The first kappa shape index (κ1) is 27.9. The van der Waals surface area contributed by atoms with E-state index in [4.69, 9.17) is 25.9 Å². The maximum absolute atomic E-state index is 6.14. The summed E-state index contributed by atoms with van der Waals surface area (Å²) in [6.45, 7) is 0.541. The minimum Gasteiger partial charge on any atom is -0.499 e. The Bertz CT molecular complexity index is 2110. The third-order valence-electron chi connectivity index (χ3n) is 8.08. The van der Waals surface area contributed by atoms with Crippen molar-refractivity contribution in [3.05, 3.63) is 152 Å². The van der Waals surface area contributed by atoms with Crippen LogP contribution in [0.4, 0.5) is 0 Å². The molecule has 1 aliphatic heterocycles. The molecule has 0 aliphatic carbocycles. The van der Waals surface area contributed by atoms with E-state index < -0.39 is 0 Å². The number of ether oxygens (including phenoxy) is 2. The van der Waals surface area contributed by atoms with Gasteiger partial charge in [0.1, 0.15) is 12.0 Å². The maximum Gasteiger partial charge on any atom is 0.212 e. The molecule has 0 amide bonds. The van der Waals surface area contributed by atoms with Gasteiger partial charge in [-0.05, 0) is 52.8 Å². The lowest BCUT2D eigenvalue weighted by molar-refractivity contribution is 0.150. The number of hydrogen-bond donors (Lipinski definition) is 3. The summed E-state index contributed by atoms with van der Waals surface area (Å²) in [4.78, 5) is 4.69. The fourth-order valence-electron chi connectivity index (χ4n) is 5.93. The Balaban J connectivity index is 1.36. The predicted molar refractivity (Wildman–Crippen MR) is 183 cm³/mol. The van der Waals surface area contributed by atoms with Gasteiger partial charge in [-0.1, -0.05) is 78.9 Å². The van der Waals surface area contributed by atoms with E-state index in [1.54, 1.807) is 18.7 Å². The fraction of sp³-hybridized carbons (Fsp3) is 0.0789. The second-order valence-corrected chi connectivity index (χ2v) is 10.8. The third-order valence-corrected chi connectivity index (χ3v) is 8.08. The molecule has 0 spiro atoms. The van der Waals surface area contributed by atoms with E-state index in [1.165, 1.54) is 34.0 Å². The third kappa shape index (κ3) is 5.36. The average molecular weight is 592 g/mol. The molecule has 7 heteroatoms.